The molecule has 1 unspecified atom stereocenters. The van der Waals surface area contributed by atoms with E-state index >= 15 is 0 Å². The van der Waals surface area contributed by atoms with Gasteiger partial charge in [-0.2, -0.15) is 0 Å². The molecule has 0 N–H and O–H groups in total. The minimum Gasteiger partial charge on any atom is -0.465 e. The number of carbonyl (C=O) groups is 2. The van der Waals surface area contributed by atoms with Crippen LogP contribution in [0, 0.1) is 5.92 Å². The van der Waals surface area contributed by atoms with Crippen LogP contribution in [0.2, 0.25) is 0 Å². The Balaban J connectivity index is 2.02. The van der Waals surface area contributed by atoms with E-state index in [4.69, 9.17) is 4.74 Å². The number of esters is 1. The van der Waals surface area contributed by atoms with Crippen molar-refractivity contribution in [1.82, 2.24) is 4.90 Å². The molecule has 0 radical (unpaired) electrons. The third kappa shape index (κ3) is 10.2. The predicted octanol–water partition coefficient (Wildman–Crippen LogP) is 5.49. The van der Waals surface area contributed by atoms with Gasteiger partial charge in [0, 0.05) is 19.5 Å². The van der Waals surface area contributed by atoms with Crippen LogP contribution in [0.5, 0.6) is 0 Å². The summed E-state index contributed by atoms with van der Waals surface area (Å²) in [5.74, 6) is -0.302. The van der Waals surface area contributed by atoms with Gasteiger partial charge in [-0.25, -0.2) is 0 Å². The average molecular weight is 368 g/mol. The molecule has 1 aliphatic rings. The van der Waals surface area contributed by atoms with Crippen molar-refractivity contribution in [3.05, 3.63) is 0 Å². The first-order valence-corrected chi connectivity index (χ1v) is 11.1. The maximum Gasteiger partial charge on any atom is 0.311 e. The van der Waals surface area contributed by atoms with Crippen LogP contribution in [0.25, 0.3) is 0 Å². The van der Waals surface area contributed by atoms with E-state index in [1.165, 1.54) is 57.8 Å². The molecule has 4 nitrogen and oxygen atoms in total. The summed E-state index contributed by atoms with van der Waals surface area (Å²) in [6.07, 6.45) is 16.4. The highest BCUT2D eigenvalue weighted by Crippen LogP contribution is 2.20. The van der Waals surface area contributed by atoms with E-state index in [0.29, 0.717) is 19.6 Å². The number of amides is 1. The first-order valence-electron chi connectivity index (χ1n) is 11.1. The topological polar surface area (TPSA) is 46.6 Å². The number of hydrogen-bond donors (Lipinski definition) is 0. The van der Waals surface area contributed by atoms with Gasteiger partial charge in [-0.05, 0) is 12.8 Å². The standard InChI is InChI=1S/C22H41NO3/c1-3-5-7-8-9-10-11-12-13-14-16-23-19-20(18-21(23)24)22(25)26-17-15-6-4-2/h20H,3-19H2,1-2H3. The second-order valence-electron chi connectivity index (χ2n) is 7.80. The summed E-state index contributed by atoms with van der Waals surface area (Å²) < 4.78 is 5.31. The van der Waals surface area contributed by atoms with E-state index in [1.54, 1.807) is 0 Å². The summed E-state index contributed by atoms with van der Waals surface area (Å²) in [6, 6.07) is 0. The molecule has 0 aromatic rings. The van der Waals surface area contributed by atoms with Crippen molar-refractivity contribution < 1.29 is 14.3 Å². The molecule has 1 fully saturated rings. The second-order valence-corrected chi connectivity index (χ2v) is 7.80. The van der Waals surface area contributed by atoms with Gasteiger partial charge in [0.05, 0.1) is 12.5 Å². The largest absolute Gasteiger partial charge is 0.465 e. The average Bonchev–Trinajstić information content (AvgIpc) is 3.01. The highest BCUT2D eigenvalue weighted by atomic mass is 16.5. The molecule has 0 saturated carbocycles. The maximum absolute atomic E-state index is 12.1. The lowest BCUT2D eigenvalue weighted by molar-refractivity contribution is -0.148. The highest BCUT2D eigenvalue weighted by molar-refractivity contribution is 5.86. The van der Waals surface area contributed by atoms with Crippen molar-refractivity contribution >= 4 is 11.9 Å². The van der Waals surface area contributed by atoms with E-state index in [2.05, 4.69) is 13.8 Å². The van der Waals surface area contributed by atoms with Gasteiger partial charge in [0.15, 0.2) is 0 Å². The number of carbonyl (C=O) groups excluding carboxylic acids is 2. The molecule has 4 heteroatoms. The van der Waals surface area contributed by atoms with Gasteiger partial charge in [0.25, 0.3) is 0 Å². The molecule has 1 aliphatic heterocycles. The molecular weight excluding hydrogens is 326 g/mol. The van der Waals surface area contributed by atoms with Crippen LogP contribution in [-0.4, -0.2) is 36.5 Å². The van der Waals surface area contributed by atoms with Crippen molar-refractivity contribution in [3.63, 3.8) is 0 Å². The van der Waals surface area contributed by atoms with Crippen molar-refractivity contribution in [3.8, 4) is 0 Å². The first kappa shape index (κ1) is 23.0. The monoisotopic (exact) mass is 367 g/mol. The van der Waals surface area contributed by atoms with Crippen LogP contribution in [0.4, 0.5) is 0 Å². The molecule has 1 amide bonds. The van der Waals surface area contributed by atoms with Gasteiger partial charge < -0.3 is 9.64 Å². The van der Waals surface area contributed by atoms with Gasteiger partial charge >= 0.3 is 5.97 Å². The van der Waals surface area contributed by atoms with E-state index in [-0.39, 0.29) is 17.8 Å². The zero-order valence-electron chi connectivity index (χ0n) is 17.3. The number of rotatable bonds is 16. The Morgan fingerprint density at radius 2 is 1.42 bits per heavy atom. The molecule has 0 aromatic heterocycles. The second kappa shape index (κ2) is 15.0. The van der Waals surface area contributed by atoms with Crippen LogP contribution in [0.15, 0.2) is 0 Å². The fourth-order valence-corrected chi connectivity index (χ4v) is 3.58. The Kier molecular flexibility index (Phi) is 13.3. The molecule has 1 heterocycles. The summed E-state index contributed by atoms with van der Waals surface area (Å²) in [5.41, 5.74) is 0. The lowest BCUT2D eigenvalue weighted by atomic mass is 10.1. The van der Waals surface area contributed by atoms with Crippen LogP contribution < -0.4 is 0 Å². The number of nitrogens with zero attached hydrogens (tertiary/aromatic N) is 1. The zero-order chi connectivity index (χ0) is 19.0. The van der Waals surface area contributed by atoms with Gasteiger partial charge in [0.1, 0.15) is 0 Å². The Bertz CT molecular complexity index is 384. The summed E-state index contributed by atoms with van der Waals surface area (Å²) >= 11 is 0. The van der Waals surface area contributed by atoms with Gasteiger partial charge in [-0.3, -0.25) is 9.59 Å². The maximum atomic E-state index is 12.1. The van der Waals surface area contributed by atoms with E-state index in [1.807, 2.05) is 4.90 Å². The minimum absolute atomic E-state index is 0.122. The molecular formula is C22H41NO3. The molecule has 0 bridgehead atoms. The molecule has 1 saturated heterocycles. The SMILES string of the molecule is CCCCCCCCCCCCN1CC(C(=O)OCCCCC)CC1=O. The highest BCUT2D eigenvalue weighted by Gasteiger charge is 2.34. The normalized spacial score (nSPS) is 17.1. The Morgan fingerprint density at radius 3 is 2.04 bits per heavy atom. The van der Waals surface area contributed by atoms with E-state index < -0.39 is 0 Å². The predicted molar refractivity (Wildman–Crippen MR) is 107 cm³/mol. The Morgan fingerprint density at radius 1 is 0.885 bits per heavy atom. The Hall–Kier alpha value is -1.06. The third-order valence-corrected chi connectivity index (χ3v) is 5.32. The Labute approximate surface area is 161 Å². The molecule has 1 atom stereocenters. The van der Waals surface area contributed by atoms with Crippen molar-refractivity contribution in [2.45, 2.75) is 104 Å². The fraction of sp³-hybridized carbons (Fsp3) is 0.909. The number of likely N-dealkylation sites (tertiary alicyclic amines) is 1. The van der Waals surface area contributed by atoms with Gasteiger partial charge in [-0.1, -0.05) is 84.5 Å². The van der Waals surface area contributed by atoms with Crippen molar-refractivity contribution in [1.29, 1.82) is 0 Å². The van der Waals surface area contributed by atoms with Crippen LogP contribution in [0.3, 0.4) is 0 Å². The summed E-state index contributed by atoms with van der Waals surface area (Å²) in [6.45, 7) is 6.24. The molecule has 1 rings (SSSR count). The summed E-state index contributed by atoms with van der Waals surface area (Å²) in [7, 11) is 0. The van der Waals surface area contributed by atoms with Gasteiger partial charge in [0.2, 0.25) is 5.91 Å². The molecule has 0 aromatic carbocycles. The summed E-state index contributed by atoms with van der Waals surface area (Å²) in [4.78, 5) is 26.0. The smallest absolute Gasteiger partial charge is 0.311 e. The zero-order valence-corrected chi connectivity index (χ0v) is 17.3. The van der Waals surface area contributed by atoms with E-state index in [9.17, 15) is 9.59 Å². The summed E-state index contributed by atoms with van der Waals surface area (Å²) in [5, 5.41) is 0. The fourth-order valence-electron chi connectivity index (χ4n) is 3.58. The van der Waals surface area contributed by atoms with Crippen LogP contribution in [-0.2, 0) is 14.3 Å². The lowest BCUT2D eigenvalue weighted by Crippen LogP contribution is -2.27. The molecule has 0 aliphatic carbocycles. The number of unbranched alkanes of at least 4 members (excludes halogenated alkanes) is 11. The number of ether oxygens (including phenoxy) is 1. The van der Waals surface area contributed by atoms with Crippen molar-refractivity contribution in [2.24, 2.45) is 5.92 Å². The lowest BCUT2D eigenvalue weighted by Gasteiger charge is -2.16. The minimum atomic E-state index is -0.243. The third-order valence-electron chi connectivity index (χ3n) is 5.32. The molecule has 152 valence electrons. The first-order chi connectivity index (χ1) is 12.7. The van der Waals surface area contributed by atoms with Crippen LogP contribution in [0.1, 0.15) is 104 Å². The van der Waals surface area contributed by atoms with E-state index in [0.717, 1.165) is 32.2 Å². The molecule has 26 heavy (non-hydrogen) atoms. The molecule has 0 spiro atoms. The quantitative estimate of drug-likeness (QED) is 0.268. The van der Waals surface area contributed by atoms with Crippen LogP contribution >= 0.6 is 0 Å². The van der Waals surface area contributed by atoms with Crippen molar-refractivity contribution in [2.75, 3.05) is 19.7 Å². The van der Waals surface area contributed by atoms with Gasteiger partial charge in [-0.15, -0.1) is 0 Å². The number of hydrogen-bond acceptors (Lipinski definition) is 3.